The molecule has 1 aliphatic rings. The Balaban J connectivity index is 2.25. The Morgan fingerprint density at radius 1 is 1.52 bits per heavy atom. The lowest BCUT2D eigenvalue weighted by atomic mass is 10.1. The van der Waals surface area contributed by atoms with Crippen molar-refractivity contribution in [1.82, 2.24) is 9.55 Å². The molecule has 21 heavy (non-hydrogen) atoms. The number of nitrogens with one attached hydrogen (secondary N) is 1. The Hall–Kier alpha value is -2.33. The fraction of sp³-hybridized carbons (Fsp3) is 0.600. The SMILES string of the molecule is Cc1cn([C@@H]2O[C@H](CON=[N+]=[N-])[C@@H](O)[C@H]2O)c(=O)[nH]c1=O. The minimum Gasteiger partial charge on any atom is -0.431 e. The molecule has 0 amide bonds. The predicted molar refractivity (Wildman–Crippen MR) is 67.1 cm³/mol. The summed E-state index contributed by atoms with van der Waals surface area (Å²) in [4.78, 5) is 32.0. The first-order valence-corrected chi connectivity index (χ1v) is 5.95. The van der Waals surface area contributed by atoms with Gasteiger partial charge in [0, 0.05) is 16.7 Å². The van der Waals surface area contributed by atoms with Crippen LogP contribution in [0, 0.1) is 6.92 Å². The number of rotatable bonds is 4. The van der Waals surface area contributed by atoms with Gasteiger partial charge in [0.1, 0.15) is 30.2 Å². The van der Waals surface area contributed by atoms with Crippen molar-refractivity contribution in [3.8, 4) is 0 Å². The Labute approximate surface area is 116 Å². The van der Waals surface area contributed by atoms with E-state index in [9.17, 15) is 19.8 Å². The zero-order valence-corrected chi connectivity index (χ0v) is 10.9. The number of azide groups is 1. The van der Waals surface area contributed by atoms with Crippen LogP contribution >= 0.6 is 0 Å². The molecule has 11 heteroatoms. The van der Waals surface area contributed by atoms with Gasteiger partial charge in [-0.05, 0) is 12.5 Å². The summed E-state index contributed by atoms with van der Waals surface area (Å²) >= 11 is 0. The van der Waals surface area contributed by atoms with E-state index in [1.165, 1.54) is 13.1 Å². The van der Waals surface area contributed by atoms with E-state index in [1.807, 2.05) is 0 Å². The van der Waals surface area contributed by atoms with Crippen LogP contribution in [0.2, 0.25) is 0 Å². The Morgan fingerprint density at radius 2 is 2.24 bits per heavy atom. The summed E-state index contributed by atoms with van der Waals surface area (Å²) in [6.45, 7) is 1.19. The molecular weight excluding hydrogens is 286 g/mol. The smallest absolute Gasteiger partial charge is 0.330 e. The summed E-state index contributed by atoms with van der Waals surface area (Å²) in [6, 6.07) is 0. The fourth-order valence-corrected chi connectivity index (χ4v) is 2.00. The van der Waals surface area contributed by atoms with Crippen LogP contribution in [-0.4, -0.2) is 44.7 Å². The van der Waals surface area contributed by atoms with Crippen molar-refractivity contribution >= 4 is 0 Å². The summed E-state index contributed by atoms with van der Waals surface area (Å²) < 4.78 is 6.30. The number of aromatic amines is 1. The summed E-state index contributed by atoms with van der Waals surface area (Å²) in [7, 11) is 0. The first-order chi connectivity index (χ1) is 9.95. The average Bonchev–Trinajstić information content (AvgIpc) is 2.72. The Kier molecular flexibility index (Phi) is 4.29. The van der Waals surface area contributed by atoms with Gasteiger partial charge in [0.05, 0.1) is 0 Å². The quantitative estimate of drug-likeness (QED) is 0.271. The van der Waals surface area contributed by atoms with Crippen LogP contribution < -0.4 is 11.2 Å². The maximum atomic E-state index is 11.7. The summed E-state index contributed by atoms with van der Waals surface area (Å²) in [6.07, 6.45) is -3.72. The van der Waals surface area contributed by atoms with Gasteiger partial charge < -0.3 is 19.8 Å². The van der Waals surface area contributed by atoms with E-state index in [-0.39, 0.29) is 12.2 Å². The zero-order chi connectivity index (χ0) is 15.6. The number of hydrogen-bond acceptors (Lipinski definition) is 7. The van der Waals surface area contributed by atoms with Gasteiger partial charge in [0.25, 0.3) is 5.56 Å². The van der Waals surface area contributed by atoms with Crippen LogP contribution in [0.3, 0.4) is 0 Å². The summed E-state index contributed by atoms with van der Waals surface area (Å²) in [5.41, 5.74) is 7.00. The third-order valence-electron chi connectivity index (χ3n) is 3.09. The number of aromatic nitrogens is 2. The van der Waals surface area contributed by atoms with Crippen LogP contribution in [0.25, 0.3) is 10.4 Å². The minimum absolute atomic E-state index is 0.244. The molecule has 4 atom stereocenters. The van der Waals surface area contributed by atoms with E-state index in [0.29, 0.717) is 0 Å². The summed E-state index contributed by atoms with van der Waals surface area (Å²) in [5, 5.41) is 22.6. The second kappa shape index (κ2) is 5.97. The van der Waals surface area contributed by atoms with Crippen molar-refractivity contribution in [3.05, 3.63) is 43.0 Å². The molecule has 0 aliphatic carbocycles. The molecule has 1 aromatic heterocycles. The molecule has 1 saturated heterocycles. The number of aliphatic hydroxyl groups is 2. The van der Waals surface area contributed by atoms with Gasteiger partial charge in [-0.25, -0.2) is 4.79 Å². The lowest BCUT2D eigenvalue weighted by Gasteiger charge is -2.17. The monoisotopic (exact) mass is 299 g/mol. The Bertz CT molecular complexity index is 677. The van der Waals surface area contributed by atoms with Crippen LogP contribution in [-0.2, 0) is 9.57 Å². The van der Waals surface area contributed by atoms with Crippen molar-refractivity contribution in [1.29, 1.82) is 0 Å². The van der Waals surface area contributed by atoms with Gasteiger partial charge in [-0.3, -0.25) is 14.3 Å². The van der Waals surface area contributed by atoms with Crippen molar-refractivity contribution in [3.63, 3.8) is 0 Å². The average molecular weight is 299 g/mol. The van der Waals surface area contributed by atoms with E-state index < -0.39 is 35.8 Å². The highest BCUT2D eigenvalue weighted by Crippen LogP contribution is 2.28. The van der Waals surface area contributed by atoms with E-state index in [2.05, 4.69) is 20.0 Å². The molecule has 0 bridgehead atoms. The highest BCUT2D eigenvalue weighted by atomic mass is 16.7. The number of aliphatic hydroxyl groups excluding tert-OH is 2. The molecule has 1 fully saturated rings. The maximum Gasteiger partial charge on any atom is 0.330 e. The van der Waals surface area contributed by atoms with Crippen LogP contribution in [0.4, 0.5) is 0 Å². The normalized spacial score (nSPS) is 28.1. The van der Waals surface area contributed by atoms with Crippen LogP contribution in [0.1, 0.15) is 11.8 Å². The topological polar surface area (TPSA) is 163 Å². The fourth-order valence-electron chi connectivity index (χ4n) is 2.00. The van der Waals surface area contributed by atoms with Gasteiger partial charge >= 0.3 is 5.69 Å². The molecule has 0 spiro atoms. The standard InChI is InChI=1S/C10H13N5O6/c1-4-2-15(10(19)12-8(4)18)9-7(17)6(16)5(21-9)3-20-14-13-11/h2,5-7,9,16-17H,3H2,1H3,(H,12,18,19)/t5-,6-,7-,9-/m1/s1. The van der Waals surface area contributed by atoms with Gasteiger partial charge in [0.2, 0.25) is 0 Å². The third-order valence-corrected chi connectivity index (χ3v) is 3.09. The lowest BCUT2D eigenvalue weighted by Crippen LogP contribution is -2.38. The second-order valence-corrected chi connectivity index (χ2v) is 4.49. The molecule has 0 radical (unpaired) electrons. The van der Waals surface area contributed by atoms with Gasteiger partial charge in [-0.15, -0.1) is 0 Å². The highest BCUT2D eigenvalue weighted by Gasteiger charge is 2.44. The van der Waals surface area contributed by atoms with Gasteiger partial charge in [0.15, 0.2) is 6.23 Å². The molecule has 1 aliphatic heterocycles. The number of hydrogen-bond donors (Lipinski definition) is 3. The lowest BCUT2D eigenvalue weighted by molar-refractivity contribution is -0.0687. The van der Waals surface area contributed by atoms with Gasteiger partial charge in [-0.2, -0.15) is 0 Å². The van der Waals surface area contributed by atoms with Crippen LogP contribution in [0.5, 0.6) is 0 Å². The first-order valence-electron chi connectivity index (χ1n) is 5.95. The van der Waals surface area contributed by atoms with Crippen molar-refractivity contribution in [2.75, 3.05) is 6.61 Å². The van der Waals surface area contributed by atoms with E-state index in [0.717, 1.165) is 4.57 Å². The van der Waals surface area contributed by atoms with Gasteiger partial charge in [-0.1, -0.05) is 0 Å². The van der Waals surface area contributed by atoms with E-state index in [1.54, 1.807) is 0 Å². The van der Waals surface area contributed by atoms with E-state index >= 15 is 0 Å². The number of ether oxygens (including phenoxy) is 1. The molecule has 0 unspecified atom stereocenters. The first kappa shape index (κ1) is 15.1. The molecule has 0 aromatic carbocycles. The number of H-pyrrole nitrogens is 1. The Morgan fingerprint density at radius 3 is 2.90 bits per heavy atom. The molecule has 0 saturated carbocycles. The molecule has 114 valence electrons. The molecule has 11 nitrogen and oxygen atoms in total. The molecule has 3 N–H and O–H groups in total. The third kappa shape index (κ3) is 2.90. The summed E-state index contributed by atoms with van der Waals surface area (Å²) in [5.74, 6) is 0. The molecular formula is C10H13N5O6. The van der Waals surface area contributed by atoms with Crippen molar-refractivity contribution in [2.24, 2.45) is 5.28 Å². The highest BCUT2D eigenvalue weighted by molar-refractivity contribution is 5.03. The van der Waals surface area contributed by atoms with E-state index in [4.69, 9.17) is 10.3 Å². The molecule has 2 rings (SSSR count). The van der Waals surface area contributed by atoms with Crippen molar-refractivity contribution < 1.29 is 19.8 Å². The molecule has 1 aromatic rings. The largest absolute Gasteiger partial charge is 0.431 e. The minimum atomic E-state index is -1.41. The zero-order valence-electron chi connectivity index (χ0n) is 10.9. The van der Waals surface area contributed by atoms with Crippen molar-refractivity contribution in [2.45, 2.75) is 31.5 Å². The number of aryl methyl sites for hydroxylation is 1. The molecule has 2 heterocycles. The second-order valence-electron chi connectivity index (χ2n) is 4.49. The number of nitrogens with zero attached hydrogens (tertiary/aromatic N) is 4. The maximum absolute atomic E-state index is 11.7. The predicted octanol–water partition coefficient (Wildman–Crippen LogP) is -1.29. The van der Waals surface area contributed by atoms with Crippen LogP contribution in [0.15, 0.2) is 21.1 Å².